The normalized spacial score (nSPS) is 16.6. The highest BCUT2D eigenvalue weighted by Gasteiger charge is 2.37. The maximum atomic E-state index is 10.5. The Morgan fingerprint density at radius 1 is 1.00 bits per heavy atom. The summed E-state index contributed by atoms with van der Waals surface area (Å²) < 4.78 is 16.6. The maximum Gasteiger partial charge on any atom is 0.161 e. The molecule has 0 spiro atoms. The summed E-state index contributed by atoms with van der Waals surface area (Å²) in [7, 11) is 5.42. The monoisotopic (exact) mass is 399 g/mol. The SMILES string of the molecule is COc1ccc(C2(CN(C)CC(O)COc3ccccc3)CCCC2)cc1OC. The van der Waals surface area contributed by atoms with Crippen LogP contribution in [-0.2, 0) is 5.41 Å². The molecule has 0 amide bonds. The topological polar surface area (TPSA) is 51.2 Å². The van der Waals surface area contributed by atoms with Crippen LogP contribution in [0.25, 0.3) is 0 Å². The molecule has 0 saturated heterocycles. The minimum atomic E-state index is -0.538. The number of likely N-dealkylation sites (N-methyl/N-ethyl adjacent to an activating group) is 1. The molecule has 3 rings (SSSR count). The molecule has 0 bridgehead atoms. The molecule has 29 heavy (non-hydrogen) atoms. The Morgan fingerprint density at radius 2 is 1.69 bits per heavy atom. The first-order chi connectivity index (χ1) is 14.1. The molecule has 0 radical (unpaired) electrons. The van der Waals surface area contributed by atoms with Gasteiger partial charge in [0.1, 0.15) is 18.5 Å². The zero-order chi connectivity index (χ0) is 20.7. The summed E-state index contributed by atoms with van der Waals surface area (Å²) >= 11 is 0. The van der Waals surface area contributed by atoms with Crippen LogP contribution >= 0.6 is 0 Å². The van der Waals surface area contributed by atoms with Crippen molar-refractivity contribution in [3.05, 3.63) is 54.1 Å². The zero-order valence-corrected chi connectivity index (χ0v) is 17.8. The molecule has 5 nitrogen and oxygen atoms in total. The van der Waals surface area contributed by atoms with Crippen LogP contribution in [0.4, 0.5) is 0 Å². The van der Waals surface area contributed by atoms with Crippen molar-refractivity contribution in [2.45, 2.75) is 37.2 Å². The second-order valence-electron chi connectivity index (χ2n) is 8.03. The number of rotatable bonds is 10. The summed E-state index contributed by atoms with van der Waals surface area (Å²) in [6.07, 6.45) is 4.19. The van der Waals surface area contributed by atoms with Gasteiger partial charge in [0.05, 0.1) is 14.2 Å². The van der Waals surface area contributed by atoms with Crippen molar-refractivity contribution in [3.63, 3.8) is 0 Å². The summed E-state index contributed by atoms with van der Waals surface area (Å²) in [5, 5.41) is 10.5. The highest BCUT2D eigenvalue weighted by molar-refractivity contribution is 5.45. The molecule has 1 aliphatic carbocycles. The van der Waals surface area contributed by atoms with E-state index in [-0.39, 0.29) is 12.0 Å². The second kappa shape index (κ2) is 9.99. The van der Waals surface area contributed by atoms with Gasteiger partial charge in [-0.3, -0.25) is 0 Å². The van der Waals surface area contributed by atoms with Gasteiger partial charge >= 0.3 is 0 Å². The first-order valence-electron chi connectivity index (χ1n) is 10.3. The number of para-hydroxylation sites is 1. The van der Waals surface area contributed by atoms with Gasteiger partial charge in [0, 0.05) is 18.5 Å². The lowest BCUT2D eigenvalue weighted by atomic mass is 9.78. The fraction of sp³-hybridized carbons (Fsp3) is 0.500. The molecule has 0 heterocycles. The molecule has 1 aliphatic rings. The van der Waals surface area contributed by atoms with Gasteiger partial charge < -0.3 is 24.2 Å². The lowest BCUT2D eigenvalue weighted by molar-refractivity contribution is 0.0691. The molecule has 1 atom stereocenters. The summed E-state index contributed by atoms with van der Waals surface area (Å²) in [6, 6.07) is 15.9. The summed E-state index contributed by atoms with van der Waals surface area (Å²) in [5.74, 6) is 2.31. The summed E-state index contributed by atoms with van der Waals surface area (Å²) in [6.45, 7) is 1.75. The average Bonchev–Trinajstić information content (AvgIpc) is 3.21. The van der Waals surface area contributed by atoms with Crippen LogP contribution in [0, 0.1) is 0 Å². The van der Waals surface area contributed by atoms with Crippen LogP contribution in [0.1, 0.15) is 31.2 Å². The fourth-order valence-electron chi connectivity index (χ4n) is 4.46. The van der Waals surface area contributed by atoms with E-state index in [1.165, 1.54) is 18.4 Å². The molecule has 1 N–H and O–H groups in total. The van der Waals surface area contributed by atoms with Crippen molar-refractivity contribution in [1.29, 1.82) is 0 Å². The summed E-state index contributed by atoms with van der Waals surface area (Å²) in [4.78, 5) is 2.22. The molecule has 1 unspecified atom stereocenters. The lowest BCUT2D eigenvalue weighted by Gasteiger charge is -2.35. The zero-order valence-electron chi connectivity index (χ0n) is 17.8. The number of benzene rings is 2. The van der Waals surface area contributed by atoms with Gasteiger partial charge in [0.25, 0.3) is 0 Å². The number of hydrogen-bond donors (Lipinski definition) is 1. The maximum absolute atomic E-state index is 10.5. The molecule has 1 fully saturated rings. The van der Waals surface area contributed by atoms with Crippen molar-refractivity contribution in [2.75, 3.05) is 41.0 Å². The van der Waals surface area contributed by atoms with Gasteiger partial charge in [-0.25, -0.2) is 0 Å². The standard InChI is InChI=1S/C24H33NO4/c1-25(16-20(26)17-29-21-9-5-4-6-10-21)18-24(13-7-8-14-24)19-11-12-22(27-2)23(15-19)28-3/h4-6,9-12,15,20,26H,7-8,13-14,16-18H2,1-3H3. The van der Waals surface area contributed by atoms with E-state index in [2.05, 4.69) is 24.1 Å². The first-order valence-corrected chi connectivity index (χ1v) is 10.3. The number of methoxy groups -OCH3 is 2. The van der Waals surface area contributed by atoms with E-state index in [4.69, 9.17) is 14.2 Å². The van der Waals surface area contributed by atoms with Crippen LogP contribution in [-0.4, -0.2) is 57.1 Å². The quantitative estimate of drug-likeness (QED) is 0.657. The number of aliphatic hydroxyl groups is 1. The Bertz CT molecular complexity index is 759. The minimum absolute atomic E-state index is 0.0777. The average molecular weight is 400 g/mol. The highest BCUT2D eigenvalue weighted by Crippen LogP contribution is 2.44. The molecule has 0 aliphatic heterocycles. The Balaban J connectivity index is 1.63. The largest absolute Gasteiger partial charge is 0.493 e. The van der Waals surface area contributed by atoms with E-state index in [1.54, 1.807) is 14.2 Å². The Morgan fingerprint density at radius 3 is 2.34 bits per heavy atom. The van der Waals surface area contributed by atoms with E-state index < -0.39 is 6.10 Å². The second-order valence-corrected chi connectivity index (χ2v) is 8.03. The van der Waals surface area contributed by atoms with Gasteiger partial charge in [0.15, 0.2) is 11.5 Å². The highest BCUT2D eigenvalue weighted by atomic mass is 16.5. The number of hydrogen-bond acceptors (Lipinski definition) is 5. The molecule has 5 heteroatoms. The Kier molecular flexibility index (Phi) is 7.40. The van der Waals surface area contributed by atoms with Crippen molar-refractivity contribution in [2.24, 2.45) is 0 Å². The molecule has 1 saturated carbocycles. The third-order valence-corrected chi connectivity index (χ3v) is 5.84. The third kappa shape index (κ3) is 5.43. The van der Waals surface area contributed by atoms with Gasteiger partial charge in [-0.1, -0.05) is 37.1 Å². The van der Waals surface area contributed by atoms with E-state index in [0.29, 0.717) is 6.54 Å². The predicted octanol–water partition coefficient (Wildman–Crippen LogP) is 3.89. The van der Waals surface area contributed by atoms with E-state index in [1.807, 2.05) is 36.4 Å². The van der Waals surface area contributed by atoms with Crippen molar-refractivity contribution >= 4 is 0 Å². The van der Waals surface area contributed by atoms with Gasteiger partial charge in [-0.15, -0.1) is 0 Å². The first kappa shape index (κ1) is 21.5. The van der Waals surface area contributed by atoms with Gasteiger partial charge in [-0.2, -0.15) is 0 Å². The van der Waals surface area contributed by atoms with E-state index >= 15 is 0 Å². The van der Waals surface area contributed by atoms with Crippen LogP contribution in [0.2, 0.25) is 0 Å². The smallest absolute Gasteiger partial charge is 0.161 e. The molecular formula is C24H33NO4. The minimum Gasteiger partial charge on any atom is -0.493 e. The predicted molar refractivity (Wildman–Crippen MR) is 115 cm³/mol. The van der Waals surface area contributed by atoms with E-state index in [0.717, 1.165) is 36.6 Å². The molecular weight excluding hydrogens is 366 g/mol. The van der Waals surface area contributed by atoms with Crippen LogP contribution in [0.5, 0.6) is 17.2 Å². The number of ether oxygens (including phenoxy) is 3. The molecule has 2 aromatic rings. The van der Waals surface area contributed by atoms with Crippen molar-refractivity contribution in [3.8, 4) is 17.2 Å². The van der Waals surface area contributed by atoms with Gasteiger partial charge in [0.2, 0.25) is 0 Å². The Labute approximate surface area is 174 Å². The van der Waals surface area contributed by atoms with Crippen molar-refractivity contribution < 1.29 is 19.3 Å². The fourth-order valence-corrected chi connectivity index (χ4v) is 4.46. The summed E-state index contributed by atoms with van der Waals surface area (Å²) in [5.41, 5.74) is 1.36. The van der Waals surface area contributed by atoms with Gasteiger partial charge in [-0.05, 0) is 49.7 Å². The van der Waals surface area contributed by atoms with Crippen molar-refractivity contribution in [1.82, 2.24) is 4.90 Å². The van der Waals surface area contributed by atoms with Crippen LogP contribution in [0.3, 0.4) is 0 Å². The number of aliphatic hydroxyl groups excluding tert-OH is 1. The van der Waals surface area contributed by atoms with Crippen LogP contribution < -0.4 is 14.2 Å². The van der Waals surface area contributed by atoms with E-state index in [9.17, 15) is 5.11 Å². The Hall–Kier alpha value is -2.24. The molecule has 0 aromatic heterocycles. The molecule has 158 valence electrons. The third-order valence-electron chi connectivity index (χ3n) is 5.84. The lowest BCUT2D eigenvalue weighted by Crippen LogP contribution is -2.41. The van der Waals surface area contributed by atoms with Crippen LogP contribution in [0.15, 0.2) is 48.5 Å². The molecule has 2 aromatic carbocycles. The number of nitrogens with zero attached hydrogens (tertiary/aromatic N) is 1.